The molecule has 2 N–H and O–H groups in total. The normalized spacial score (nSPS) is 10.2. The van der Waals surface area contributed by atoms with Gasteiger partial charge < -0.3 is 15.4 Å². The molecule has 90 valence electrons. The summed E-state index contributed by atoms with van der Waals surface area (Å²) in [6.45, 7) is 0.693. The Morgan fingerprint density at radius 2 is 2.29 bits per heavy atom. The molecule has 0 aromatic carbocycles. The third kappa shape index (κ3) is 2.47. The van der Waals surface area contributed by atoms with E-state index in [1.807, 2.05) is 30.1 Å². The quantitative estimate of drug-likeness (QED) is 0.895. The van der Waals surface area contributed by atoms with Crippen LogP contribution in [0.2, 0.25) is 0 Å². The summed E-state index contributed by atoms with van der Waals surface area (Å²) in [7, 11) is 3.56. The molecule has 0 aliphatic rings. The van der Waals surface area contributed by atoms with E-state index >= 15 is 0 Å². The molecule has 0 bridgehead atoms. The number of nitrogens with zero attached hydrogens (tertiary/aromatic N) is 3. The molecule has 0 atom stereocenters. The Balaban J connectivity index is 2.17. The van der Waals surface area contributed by atoms with Gasteiger partial charge in [-0.2, -0.15) is 4.37 Å². The van der Waals surface area contributed by atoms with Crippen molar-refractivity contribution in [3.05, 3.63) is 30.1 Å². The number of aromatic nitrogens is 2. The van der Waals surface area contributed by atoms with Gasteiger partial charge in [0.25, 0.3) is 0 Å². The maximum atomic E-state index is 5.72. The molecule has 0 unspecified atom stereocenters. The van der Waals surface area contributed by atoms with Crippen LogP contribution < -0.4 is 15.4 Å². The molecule has 2 rings (SSSR count). The number of pyridine rings is 1. The van der Waals surface area contributed by atoms with Gasteiger partial charge in [-0.25, -0.2) is 0 Å². The second kappa shape index (κ2) is 5.01. The lowest BCUT2D eigenvalue weighted by Gasteiger charge is -2.17. The van der Waals surface area contributed by atoms with Crippen molar-refractivity contribution in [3.63, 3.8) is 0 Å². The lowest BCUT2D eigenvalue weighted by molar-refractivity contribution is 0.418. The number of hydrogen-bond donors (Lipinski definition) is 1. The van der Waals surface area contributed by atoms with Crippen molar-refractivity contribution >= 4 is 22.4 Å². The average Bonchev–Trinajstić information content (AvgIpc) is 2.71. The molecule has 0 spiro atoms. The highest BCUT2D eigenvalue weighted by Crippen LogP contribution is 2.37. The van der Waals surface area contributed by atoms with E-state index in [4.69, 9.17) is 10.5 Å². The predicted octanol–water partition coefficient (Wildman–Crippen LogP) is 1.77. The molecule has 2 aromatic heterocycles. The number of methoxy groups -OCH3 is 1. The first-order valence-electron chi connectivity index (χ1n) is 5.12. The summed E-state index contributed by atoms with van der Waals surface area (Å²) in [5.41, 5.74) is 6.70. The molecule has 0 saturated heterocycles. The molecule has 2 heterocycles. The van der Waals surface area contributed by atoms with Crippen LogP contribution in [0.3, 0.4) is 0 Å². The third-order valence-electron chi connectivity index (χ3n) is 2.33. The topological polar surface area (TPSA) is 64.3 Å². The Labute approximate surface area is 104 Å². The number of hydrogen-bond acceptors (Lipinski definition) is 6. The van der Waals surface area contributed by atoms with E-state index in [2.05, 4.69) is 9.36 Å². The molecule has 0 saturated carbocycles. The van der Waals surface area contributed by atoms with Gasteiger partial charge in [0.15, 0.2) is 16.6 Å². The molecule has 0 aliphatic carbocycles. The van der Waals surface area contributed by atoms with Crippen LogP contribution in [0, 0.1) is 0 Å². The first-order valence-corrected chi connectivity index (χ1v) is 5.90. The summed E-state index contributed by atoms with van der Waals surface area (Å²) in [4.78, 5) is 6.30. The highest BCUT2D eigenvalue weighted by molar-refractivity contribution is 7.11. The highest BCUT2D eigenvalue weighted by atomic mass is 32.1. The molecular formula is C11H14N4OS. The van der Waals surface area contributed by atoms with E-state index in [0.29, 0.717) is 18.1 Å². The summed E-state index contributed by atoms with van der Waals surface area (Å²) in [5, 5.41) is 0.913. The van der Waals surface area contributed by atoms with Gasteiger partial charge >= 0.3 is 0 Å². The maximum Gasteiger partial charge on any atom is 0.197 e. The summed E-state index contributed by atoms with van der Waals surface area (Å²) in [6.07, 6.45) is 1.78. The van der Waals surface area contributed by atoms with Crippen LogP contribution in [-0.4, -0.2) is 23.5 Å². The molecule has 2 aromatic rings. The van der Waals surface area contributed by atoms with Crippen molar-refractivity contribution in [1.29, 1.82) is 0 Å². The van der Waals surface area contributed by atoms with Gasteiger partial charge in [-0.05, 0) is 23.7 Å². The maximum absolute atomic E-state index is 5.72. The molecule has 0 aliphatic heterocycles. The minimum absolute atomic E-state index is 0.431. The van der Waals surface area contributed by atoms with Crippen LogP contribution >= 0.6 is 11.5 Å². The Hall–Kier alpha value is -1.82. The van der Waals surface area contributed by atoms with E-state index in [-0.39, 0.29) is 0 Å². The van der Waals surface area contributed by atoms with E-state index in [1.54, 1.807) is 13.3 Å². The van der Waals surface area contributed by atoms with Gasteiger partial charge in [0.2, 0.25) is 0 Å². The van der Waals surface area contributed by atoms with Crippen LogP contribution in [0.15, 0.2) is 24.4 Å². The zero-order valence-electron chi connectivity index (χ0n) is 9.75. The molecular weight excluding hydrogens is 236 g/mol. The highest BCUT2D eigenvalue weighted by Gasteiger charge is 2.16. The summed E-state index contributed by atoms with van der Waals surface area (Å²) >= 11 is 1.33. The first-order chi connectivity index (χ1) is 8.22. The fourth-order valence-electron chi connectivity index (χ4n) is 1.53. The number of nitrogen functional groups attached to an aromatic ring is 1. The summed E-state index contributed by atoms with van der Waals surface area (Å²) in [5.74, 6) is 1.06. The van der Waals surface area contributed by atoms with E-state index in [0.717, 1.165) is 10.7 Å². The molecule has 6 heteroatoms. The van der Waals surface area contributed by atoms with E-state index in [1.165, 1.54) is 11.5 Å². The molecule has 0 fully saturated rings. The van der Waals surface area contributed by atoms with Crippen LogP contribution in [0.4, 0.5) is 10.8 Å². The second-order valence-electron chi connectivity index (χ2n) is 3.58. The van der Waals surface area contributed by atoms with Crippen LogP contribution in [0.5, 0.6) is 5.75 Å². The van der Waals surface area contributed by atoms with Gasteiger partial charge in [0.05, 0.1) is 19.3 Å². The van der Waals surface area contributed by atoms with E-state index < -0.39 is 0 Å². The van der Waals surface area contributed by atoms with Crippen molar-refractivity contribution < 1.29 is 4.74 Å². The van der Waals surface area contributed by atoms with E-state index in [9.17, 15) is 0 Å². The van der Waals surface area contributed by atoms with Crippen LogP contribution in [0.1, 0.15) is 5.69 Å². The Morgan fingerprint density at radius 3 is 2.94 bits per heavy atom. The fraction of sp³-hybridized carbons (Fsp3) is 0.273. The lowest BCUT2D eigenvalue weighted by Crippen LogP contribution is -2.16. The minimum atomic E-state index is 0.431. The third-order valence-corrected chi connectivity index (χ3v) is 3.29. The zero-order chi connectivity index (χ0) is 12.3. The van der Waals surface area contributed by atoms with Crippen molar-refractivity contribution in [1.82, 2.24) is 9.36 Å². The molecule has 17 heavy (non-hydrogen) atoms. The number of rotatable bonds is 4. The lowest BCUT2D eigenvalue weighted by atomic mass is 10.3. The number of ether oxygens (including phenoxy) is 1. The summed E-state index contributed by atoms with van der Waals surface area (Å²) in [6, 6.07) is 5.84. The zero-order valence-corrected chi connectivity index (χ0v) is 10.6. The minimum Gasteiger partial charge on any atom is -0.490 e. The second-order valence-corrected chi connectivity index (χ2v) is 4.34. The van der Waals surface area contributed by atoms with Crippen LogP contribution in [-0.2, 0) is 6.54 Å². The molecule has 0 radical (unpaired) electrons. The van der Waals surface area contributed by atoms with Gasteiger partial charge in [-0.15, -0.1) is 0 Å². The van der Waals surface area contributed by atoms with Gasteiger partial charge in [0.1, 0.15) is 0 Å². The average molecular weight is 250 g/mol. The van der Waals surface area contributed by atoms with Crippen LogP contribution in [0.25, 0.3) is 0 Å². The Kier molecular flexibility index (Phi) is 3.43. The first kappa shape index (κ1) is 11.7. The predicted molar refractivity (Wildman–Crippen MR) is 69.4 cm³/mol. The van der Waals surface area contributed by atoms with Crippen molar-refractivity contribution in [2.75, 3.05) is 24.8 Å². The van der Waals surface area contributed by atoms with Crippen molar-refractivity contribution in [2.24, 2.45) is 0 Å². The van der Waals surface area contributed by atoms with Crippen molar-refractivity contribution in [2.45, 2.75) is 6.54 Å². The number of nitrogens with two attached hydrogens (primary N) is 1. The SMILES string of the molecule is COc1c(N)nsc1N(C)Cc1ccccn1. The largest absolute Gasteiger partial charge is 0.490 e. The number of anilines is 2. The summed E-state index contributed by atoms with van der Waals surface area (Å²) < 4.78 is 9.32. The molecule has 5 nitrogen and oxygen atoms in total. The Morgan fingerprint density at radius 1 is 1.47 bits per heavy atom. The Bertz CT molecular complexity index is 485. The standard InChI is InChI=1S/C11H14N4OS/c1-15(7-8-5-3-4-6-13-8)11-9(16-2)10(12)14-17-11/h3-6H,7H2,1-2H3,(H2,12,14). The fourth-order valence-corrected chi connectivity index (χ4v) is 2.27. The smallest absolute Gasteiger partial charge is 0.197 e. The van der Waals surface area contributed by atoms with Gasteiger partial charge in [0, 0.05) is 13.2 Å². The molecule has 0 amide bonds. The van der Waals surface area contributed by atoms with Gasteiger partial charge in [-0.1, -0.05) is 6.07 Å². The van der Waals surface area contributed by atoms with Gasteiger partial charge in [-0.3, -0.25) is 4.98 Å². The monoisotopic (exact) mass is 250 g/mol. The van der Waals surface area contributed by atoms with Crippen molar-refractivity contribution in [3.8, 4) is 5.75 Å².